The number of aromatic nitrogens is 4. The Bertz CT molecular complexity index is 766. The monoisotopic (exact) mass is 358 g/mol. The van der Waals surface area contributed by atoms with Crippen molar-refractivity contribution in [3.8, 4) is 0 Å². The van der Waals surface area contributed by atoms with Crippen molar-refractivity contribution in [2.75, 3.05) is 18.0 Å². The summed E-state index contributed by atoms with van der Waals surface area (Å²) in [5, 5.41) is 3.95. The van der Waals surface area contributed by atoms with E-state index in [9.17, 15) is 4.79 Å². The van der Waals surface area contributed by atoms with Crippen molar-refractivity contribution in [1.82, 2.24) is 24.5 Å². The van der Waals surface area contributed by atoms with Gasteiger partial charge in [0.1, 0.15) is 17.0 Å². The lowest BCUT2D eigenvalue weighted by Crippen LogP contribution is -2.48. The van der Waals surface area contributed by atoms with Crippen LogP contribution < -0.4 is 4.90 Å². The van der Waals surface area contributed by atoms with E-state index < -0.39 is 0 Å². The Balaban J connectivity index is 1.45. The summed E-state index contributed by atoms with van der Waals surface area (Å²) < 4.78 is 3.88. The molecule has 0 bridgehead atoms. The summed E-state index contributed by atoms with van der Waals surface area (Å²) in [6.45, 7) is 5.39. The van der Waals surface area contributed by atoms with E-state index in [-0.39, 0.29) is 5.91 Å². The summed E-state index contributed by atoms with van der Waals surface area (Å²) in [4.78, 5) is 26.4. The standard InChI is InChI=1S/C17H22N6OS/c1-11-9-15(19-10-18-11)23(13-3-4-13)14-5-7-22(8-6-14)17(24)16-12(2)20-21-25-16/h9-10,13-14H,3-8H2,1-2H3. The van der Waals surface area contributed by atoms with Gasteiger partial charge in [0, 0.05) is 36.9 Å². The number of nitrogens with zero attached hydrogens (tertiary/aromatic N) is 6. The van der Waals surface area contributed by atoms with E-state index in [1.165, 1.54) is 24.4 Å². The summed E-state index contributed by atoms with van der Waals surface area (Å²) >= 11 is 1.19. The Morgan fingerprint density at radius 2 is 1.88 bits per heavy atom. The first kappa shape index (κ1) is 16.4. The minimum Gasteiger partial charge on any atom is -0.350 e. The Labute approximate surface area is 151 Å². The predicted molar refractivity (Wildman–Crippen MR) is 95.8 cm³/mol. The molecule has 0 spiro atoms. The minimum absolute atomic E-state index is 0.0711. The van der Waals surface area contributed by atoms with Crippen molar-refractivity contribution in [2.24, 2.45) is 0 Å². The molecule has 1 saturated carbocycles. The van der Waals surface area contributed by atoms with Crippen molar-refractivity contribution in [3.63, 3.8) is 0 Å². The zero-order valence-electron chi connectivity index (χ0n) is 14.6. The molecule has 1 aliphatic carbocycles. The zero-order chi connectivity index (χ0) is 17.4. The number of hydrogen-bond donors (Lipinski definition) is 0. The topological polar surface area (TPSA) is 75.1 Å². The molecule has 7 nitrogen and oxygen atoms in total. The lowest BCUT2D eigenvalue weighted by Gasteiger charge is -2.39. The Hall–Kier alpha value is -2.09. The predicted octanol–water partition coefficient (Wildman–Crippen LogP) is 2.22. The van der Waals surface area contributed by atoms with E-state index >= 15 is 0 Å². The van der Waals surface area contributed by atoms with Gasteiger partial charge in [-0.15, -0.1) is 5.10 Å². The molecule has 132 valence electrons. The largest absolute Gasteiger partial charge is 0.350 e. The second-order valence-electron chi connectivity index (χ2n) is 6.87. The first-order chi connectivity index (χ1) is 12.1. The fourth-order valence-electron chi connectivity index (χ4n) is 3.53. The zero-order valence-corrected chi connectivity index (χ0v) is 15.4. The number of anilines is 1. The third kappa shape index (κ3) is 3.35. The first-order valence-electron chi connectivity index (χ1n) is 8.78. The van der Waals surface area contributed by atoms with E-state index in [0.29, 0.717) is 17.0 Å². The van der Waals surface area contributed by atoms with Crippen LogP contribution in [0, 0.1) is 13.8 Å². The quantitative estimate of drug-likeness (QED) is 0.834. The fraction of sp³-hybridized carbons (Fsp3) is 0.588. The molecule has 0 atom stereocenters. The molecule has 2 aromatic rings. The van der Waals surface area contributed by atoms with Crippen LogP contribution in [0.25, 0.3) is 0 Å². The molecule has 0 unspecified atom stereocenters. The molecule has 2 fully saturated rings. The second kappa shape index (κ2) is 6.67. The van der Waals surface area contributed by atoms with Crippen LogP contribution in [-0.2, 0) is 0 Å². The third-order valence-corrected chi connectivity index (χ3v) is 5.80. The number of amides is 1. The number of rotatable bonds is 4. The highest BCUT2D eigenvalue weighted by Gasteiger charge is 2.37. The summed E-state index contributed by atoms with van der Waals surface area (Å²) in [5.41, 5.74) is 1.73. The maximum absolute atomic E-state index is 12.6. The van der Waals surface area contributed by atoms with Crippen LogP contribution in [0.15, 0.2) is 12.4 Å². The van der Waals surface area contributed by atoms with Gasteiger partial charge >= 0.3 is 0 Å². The molecule has 8 heteroatoms. The average molecular weight is 358 g/mol. The molecule has 0 radical (unpaired) electrons. The molecular formula is C17H22N6OS. The van der Waals surface area contributed by atoms with Gasteiger partial charge < -0.3 is 9.80 Å². The number of aryl methyl sites for hydroxylation is 2. The third-order valence-electron chi connectivity index (χ3n) is 4.99. The number of likely N-dealkylation sites (tertiary alicyclic amines) is 1. The molecule has 1 amide bonds. The molecule has 0 aromatic carbocycles. The van der Waals surface area contributed by atoms with Gasteiger partial charge in [-0.25, -0.2) is 9.97 Å². The van der Waals surface area contributed by atoms with Crippen LogP contribution in [0.4, 0.5) is 5.82 Å². The molecule has 4 rings (SSSR count). The molecular weight excluding hydrogens is 336 g/mol. The van der Waals surface area contributed by atoms with Gasteiger partial charge in [0.25, 0.3) is 5.91 Å². The summed E-state index contributed by atoms with van der Waals surface area (Å²) in [7, 11) is 0. The van der Waals surface area contributed by atoms with Gasteiger partial charge in [-0.05, 0) is 51.1 Å². The smallest absolute Gasteiger partial charge is 0.267 e. The summed E-state index contributed by atoms with van der Waals surface area (Å²) in [5.74, 6) is 1.10. The first-order valence-corrected chi connectivity index (χ1v) is 9.56. The molecule has 1 saturated heterocycles. The Morgan fingerprint density at radius 1 is 1.16 bits per heavy atom. The van der Waals surface area contributed by atoms with Gasteiger partial charge in [0.15, 0.2) is 0 Å². The lowest BCUT2D eigenvalue weighted by atomic mass is 10.0. The van der Waals surface area contributed by atoms with Crippen LogP contribution in [0.3, 0.4) is 0 Å². The van der Waals surface area contributed by atoms with E-state index in [2.05, 4.69) is 30.5 Å². The molecule has 0 N–H and O–H groups in total. The van der Waals surface area contributed by atoms with E-state index in [1.807, 2.05) is 18.7 Å². The highest BCUT2D eigenvalue weighted by molar-refractivity contribution is 7.07. The van der Waals surface area contributed by atoms with Gasteiger partial charge in [0.2, 0.25) is 0 Å². The molecule has 2 aromatic heterocycles. The molecule has 2 aliphatic rings. The normalized spacial score (nSPS) is 18.4. The van der Waals surface area contributed by atoms with E-state index in [1.54, 1.807) is 6.33 Å². The van der Waals surface area contributed by atoms with Crippen LogP contribution in [0.1, 0.15) is 46.7 Å². The van der Waals surface area contributed by atoms with E-state index in [4.69, 9.17) is 0 Å². The second-order valence-corrected chi connectivity index (χ2v) is 7.62. The number of hydrogen-bond acceptors (Lipinski definition) is 7. The van der Waals surface area contributed by atoms with Crippen LogP contribution in [0.5, 0.6) is 0 Å². The van der Waals surface area contributed by atoms with Crippen molar-refractivity contribution in [3.05, 3.63) is 28.7 Å². The molecule has 1 aliphatic heterocycles. The minimum atomic E-state index is 0.0711. The molecule has 3 heterocycles. The Kier molecular flexibility index (Phi) is 4.37. The highest BCUT2D eigenvalue weighted by Crippen LogP contribution is 2.35. The number of carbonyl (C=O) groups is 1. The van der Waals surface area contributed by atoms with Crippen molar-refractivity contribution in [2.45, 2.75) is 51.6 Å². The van der Waals surface area contributed by atoms with Crippen molar-refractivity contribution < 1.29 is 4.79 Å². The van der Waals surface area contributed by atoms with Gasteiger partial charge in [0.05, 0.1) is 5.69 Å². The summed E-state index contributed by atoms with van der Waals surface area (Å²) in [6.07, 6.45) is 6.05. The molecule has 25 heavy (non-hydrogen) atoms. The van der Waals surface area contributed by atoms with Gasteiger partial charge in [-0.2, -0.15) is 0 Å². The van der Waals surface area contributed by atoms with Crippen LogP contribution in [0.2, 0.25) is 0 Å². The maximum atomic E-state index is 12.6. The summed E-state index contributed by atoms with van der Waals surface area (Å²) in [6, 6.07) is 3.10. The maximum Gasteiger partial charge on any atom is 0.267 e. The van der Waals surface area contributed by atoms with Gasteiger partial charge in [-0.1, -0.05) is 4.49 Å². The lowest BCUT2D eigenvalue weighted by molar-refractivity contribution is 0.0716. The average Bonchev–Trinajstić information content (AvgIpc) is 3.35. The van der Waals surface area contributed by atoms with Gasteiger partial charge in [-0.3, -0.25) is 4.79 Å². The van der Waals surface area contributed by atoms with Crippen molar-refractivity contribution in [1.29, 1.82) is 0 Å². The van der Waals surface area contributed by atoms with Crippen LogP contribution in [-0.4, -0.2) is 55.5 Å². The number of piperidine rings is 1. The van der Waals surface area contributed by atoms with E-state index in [0.717, 1.165) is 43.1 Å². The highest BCUT2D eigenvalue weighted by atomic mass is 32.1. The van der Waals surface area contributed by atoms with Crippen LogP contribution >= 0.6 is 11.5 Å². The fourth-order valence-corrected chi connectivity index (χ4v) is 4.15. The van der Waals surface area contributed by atoms with Crippen molar-refractivity contribution >= 4 is 23.3 Å². The number of carbonyl (C=O) groups excluding carboxylic acids is 1. The SMILES string of the molecule is Cc1cc(N(C2CC2)C2CCN(C(=O)c3snnc3C)CC2)ncn1. The Morgan fingerprint density at radius 3 is 2.48 bits per heavy atom.